The van der Waals surface area contributed by atoms with Gasteiger partial charge in [-0.05, 0) is 79.0 Å². The van der Waals surface area contributed by atoms with E-state index in [1.165, 1.54) is 99.9 Å². The van der Waals surface area contributed by atoms with Gasteiger partial charge in [-0.15, -0.1) is 0 Å². The molecule has 0 N–H and O–H groups in total. The maximum atomic E-state index is 15.1. The topological polar surface area (TPSA) is 0 Å². The molecule has 1 aliphatic heterocycles. The summed E-state index contributed by atoms with van der Waals surface area (Å²) in [6.07, 6.45) is 14.7. The van der Waals surface area contributed by atoms with Crippen molar-refractivity contribution in [1.29, 1.82) is 0 Å². The second kappa shape index (κ2) is 12.3. The first-order valence-corrected chi connectivity index (χ1v) is 16.5. The van der Waals surface area contributed by atoms with Crippen LogP contribution in [0.15, 0.2) is 42.5 Å². The predicted molar refractivity (Wildman–Crippen MR) is 145 cm³/mol. The summed E-state index contributed by atoms with van der Waals surface area (Å²) in [6, 6.07) is 19.5. The van der Waals surface area contributed by atoms with E-state index in [2.05, 4.69) is 44.2 Å². The molecule has 0 spiro atoms. The summed E-state index contributed by atoms with van der Waals surface area (Å²) in [5.41, 5.74) is 4.47. The molecule has 2 aromatic carbocycles. The molecule has 33 heavy (non-hydrogen) atoms. The minimum absolute atomic E-state index is 0.0450. The number of rotatable bonds is 9. The summed E-state index contributed by atoms with van der Waals surface area (Å²) in [6.45, 7) is 4.62. The lowest BCUT2D eigenvalue weighted by molar-refractivity contribution is 0.302. The molecule has 0 atom stereocenters. The van der Waals surface area contributed by atoms with E-state index >= 15 is 4.39 Å². The smallest absolute Gasteiger partial charge is 0.131 e. The number of hydrogen-bond donors (Lipinski definition) is 0. The fourth-order valence-corrected chi connectivity index (χ4v) is 10.0. The third-order valence-corrected chi connectivity index (χ3v) is 12.5. The SMILES string of the molecule is CCCCCC1CCC(c2ccc(-c3ccc(C4CC[SiH](CCC)CC4)cc3)c(F)c2)CC1. The first-order valence-electron chi connectivity index (χ1n) is 14.1. The van der Waals surface area contributed by atoms with Crippen LogP contribution in [0.4, 0.5) is 4.39 Å². The van der Waals surface area contributed by atoms with Gasteiger partial charge < -0.3 is 0 Å². The Morgan fingerprint density at radius 3 is 2.06 bits per heavy atom. The molecular weight excluding hydrogens is 419 g/mol. The average molecular weight is 465 g/mol. The van der Waals surface area contributed by atoms with Gasteiger partial charge in [0, 0.05) is 14.4 Å². The summed E-state index contributed by atoms with van der Waals surface area (Å²) in [5.74, 6) is 2.13. The Hall–Kier alpha value is -1.41. The monoisotopic (exact) mass is 464 g/mol. The van der Waals surface area contributed by atoms with E-state index in [1.807, 2.05) is 12.1 Å². The summed E-state index contributed by atoms with van der Waals surface area (Å²) < 4.78 is 15.1. The van der Waals surface area contributed by atoms with Crippen LogP contribution in [0.3, 0.4) is 0 Å². The van der Waals surface area contributed by atoms with Crippen molar-refractivity contribution in [2.24, 2.45) is 5.92 Å². The number of benzene rings is 2. The summed E-state index contributed by atoms with van der Waals surface area (Å²) in [5, 5.41) is 0. The Bertz CT molecular complexity index is 842. The lowest BCUT2D eigenvalue weighted by Crippen LogP contribution is -2.19. The molecule has 1 saturated carbocycles. The molecule has 2 aliphatic rings. The molecule has 4 rings (SSSR count). The highest BCUT2D eigenvalue weighted by atomic mass is 28.3. The van der Waals surface area contributed by atoms with Crippen LogP contribution in [0.5, 0.6) is 0 Å². The van der Waals surface area contributed by atoms with E-state index in [9.17, 15) is 0 Å². The van der Waals surface area contributed by atoms with Gasteiger partial charge in [-0.1, -0.05) is 100 Å². The van der Waals surface area contributed by atoms with E-state index in [1.54, 1.807) is 0 Å². The number of halogens is 1. The predicted octanol–water partition coefficient (Wildman–Crippen LogP) is 9.86. The maximum Gasteiger partial charge on any atom is 0.131 e. The van der Waals surface area contributed by atoms with E-state index < -0.39 is 8.80 Å². The molecule has 0 nitrogen and oxygen atoms in total. The molecule has 0 unspecified atom stereocenters. The van der Waals surface area contributed by atoms with Gasteiger partial charge >= 0.3 is 0 Å². The van der Waals surface area contributed by atoms with E-state index in [4.69, 9.17) is 0 Å². The second-order valence-corrected chi connectivity index (χ2v) is 14.5. The van der Waals surface area contributed by atoms with Gasteiger partial charge in [0.1, 0.15) is 5.82 Å². The van der Waals surface area contributed by atoms with Gasteiger partial charge in [-0.3, -0.25) is 0 Å². The fraction of sp³-hybridized carbons (Fsp3) is 0.613. The normalized spacial score (nSPS) is 25.8. The standard InChI is InChI=1S/C31H45FSi/c1-3-5-6-7-24-8-10-26(11-9-24)29-16-17-30(31(32)23-29)28-14-12-25(13-15-28)27-18-21-33(20-4-2)22-19-27/h12-17,23-24,26-27,33H,3-11,18-22H2,1-2H3. The Morgan fingerprint density at radius 2 is 1.42 bits per heavy atom. The second-order valence-electron chi connectivity index (χ2n) is 11.1. The zero-order chi connectivity index (χ0) is 23.0. The van der Waals surface area contributed by atoms with Crippen molar-refractivity contribution >= 4 is 8.80 Å². The highest BCUT2D eigenvalue weighted by molar-refractivity contribution is 6.59. The molecule has 0 amide bonds. The lowest BCUT2D eigenvalue weighted by Gasteiger charge is -2.29. The van der Waals surface area contributed by atoms with Crippen LogP contribution in [0.1, 0.15) is 107 Å². The molecule has 1 aliphatic carbocycles. The third kappa shape index (κ3) is 6.59. The number of hydrogen-bond acceptors (Lipinski definition) is 0. The Morgan fingerprint density at radius 1 is 0.758 bits per heavy atom. The van der Waals surface area contributed by atoms with Crippen molar-refractivity contribution in [2.75, 3.05) is 0 Å². The van der Waals surface area contributed by atoms with Crippen LogP contribution >= 0.6 is 0 Å². The molecule has 2 heteroatoms. The van der Waals surface area contributed by atoms with Crippen molar-refractivity contribution in [1.82, 2.24) is 0 Å². The first-order chi connectivity index (χ1) is 16.2. The Kier molecular flexibility index (Phi) is 9.24. The quantitative estimate of drug-likeness (QED) is 0.256. The Labute approximate surface area is 204 Å². The summed E-state index contributed by atoms with van der Waals surface area (Å²) in [4.78, 5) is 0. The fourth-order valence-electron chi connectivity index (χ4n) is 6.61. The maximum absolute atomic E-state index is 15.1. The minimum atomic E-state index is -0.432. The summed E-state index contributed by atoms with van der Waals surface area (Å²) in [7, 11) is -0.432. The Balaban J connectivity index is 1.34. The number of unbranched alkanes of at least 4 members (excludes halogenated alkanes) is 2. The first kappa shape index (κ1) is 24.7. The molecule has 0 radical (unpaired) electrons. The molecule has 0 aromatic heterocycles. The van der Waals surface area contributed by atoms with Crippen LogP contribution in [-0.2, 0) is 0 Å². The van der Waals surface area contributed by atoms with E-state index in [0.717, 1.165) is 23.0 Å². The van der Waals surface area contributed by atoms with Crippen molar-refractivity contribution in [3.8, 4) is 11.1 Å². The highest BCUT2D eigenvalue weighted by Crippen LogP contribution is 2.39. The molecule has 0 bridgehead atoms. The van der Waals surface area contributed by atoms with Gasteiger partial charge in [0.25, 0.3) is 0 Å². The van der Waals surface area contributed by atoms with Gasteiger partial charge in [0.15, 0.2) is 0 Å². The van der Waals surface area contributed by atoms with Gasteiger partial charge in [0.05, 0.1) is 0 Å². The van der Waals surface area contributed by atoms with Crippen molar-refractivity contribution in [3.05, 3.63) is 59.4 Å². The zero-order valence-electron chi connectivity index (χ0n) is 21.1. The average Bonchev–Trinajstić information content (AvgIpc) is 2.85. The lowest BCUT2D eigenvalue weighted by atomic mass is 9.77. The highest BCUT2D eigenvalue weighted by Gasteiger charge is 2.24. The van der Waals surface area contributed by atoms with E-state index in [0.29, 0.717) is 5.92 Å². The molecule has 1 saturated heterocycles. The summed E-state index contributed by atoms with van der Waals surface area (Å²) >= 11 is 0. The van der Waals surface area contributed by atoms with Crippen LogP contribution in [0, 0.1) is 11.7 Å². The van der Waals surface area contributed by atoms with Gasteiger partial charge in [-0.25, -0.2) is 4.39 Å². The van der Waals surface area contributed by atoms with Gasteiger partial charge in [-0.2, -0.15) is 0 Å². The van der Waals surface area contributed by atoms with Crippen LogP contribution < -0.4 is 0 Å². The molecule has 2 fully saturated rings. The third-order valence-electron chi connectivity index (χ3n) is 8.76. The van der Waals surface area contributed by atoms with Crippen molar-refractivity contribution in [3.63, 3.8) is 0 Å². The largest absolute Gasteiger partial charge is 0.206 e. The van der Waals surface area contributed by atoms with Crippen LogP contribution in [-0.4, -0.2) is 8.80 Å². The molecule has 1 heterocycles. The van der Waals surface area contributed by atoms with Crippen molar-refractivity contribution in [2.45, 2.75) is 114 Å². The molecular formula is C31H45FSi. The van der Waals surface area contributed by atoms with Crippen LogP contribution in [0.25, 0.3) is 11.1 Å². The minimum Gasteiger partial charge on any atom is -0.206 e. The molecule has 2 aromatic rings. The van der Waals surface area contributed by atoms with E-state index in [-0.39, 0.29) is 5.82 Å². The van der Waals surface area contributed by atoms with Crippen molar-refractivity contribution < 1.29 is 4.39 Å². The zero-order valence-corrected chi connectivity index (χ0v) is 22.3. The van der Waals surface area contributed by atoms with Gasteiger partial charge in [0.2, 0.25) is 0 Å². The molecule has 180 valence electrons. The van der Waals surface area contributed by atoms with Crippen LogP contribution in [0.2, 0.25) is 18.1 Å².